The Bertz CT molecular complexity index is 816. The molecule has 0 saturated carbocycles. The maximum Gasteiger partial charge on any atom is 0.330 e. The van der Waals surface area contributed by atoms with Crippen molar-refractivity contribution in [3.63, 3.8) is 0 Å². The number of hydrogen-bond acceptors (Lipinski definition) is 6. The van der Waals surface area contributed by atoms with Gasteiger partial charge in [0, 0.05) is 6.54 Å². The first-order valence-electron chi connectivity index (χ1n) is 9.89. The molecule has 162 valence electrons. The van der Waals surface area contributed by atoms with E-state index in [1.165, 1.54) is 19.1 Å². The average Bonchev–Trinajstić information content (AvgIpc) is 2.95. The van der Waals surface area contributed by atoms with Gasteiger partial charge in [-0.2, -0.15) is 0 Å². The number of fused-ring (bicyclic) bond motifs is 1. The fraction of sp³-hybridized carbons (Fsp3) is 0.476. The predicted molar refractivity (Wildman–Crippen MR) is 107 cm³/mol. The molecule has 9 heteroatoms. The van der Waals surface area contributed by atoms with Crippen LogP contribution in [0.15, 0.2) is 24.3 Å². The highest BCUT2D eigenvalue weighted by atomic mass is 16.5. The zero-order chi connectivity index (χ0) is 22.4. The van der Waals surface area contributed by atoms with Crippen LogP contribution in [0, 0.1) is 5.92 Å². The van der Waals surface area contributed by atoms with E-state index in [1.807, 2.05) is 6.92 Å². The molecule has 9 nitrogen and oxygen atoms in total. The summed E-state index contributed by atoms with van der Waals surface area (Å²) in [5, 5.41) is 5.09. The molecule has 0 saturated heterocycles. The lowest BCUT2D eigenvalue weighted by Crippen LogP contribution is -2.50. The number of esters is 1. The first-order valence-corrected chi connectivity index (χ1v) is 9.89. The molecule has 1 aliphatic rings. The van der Waals surface area contributed by atoms with Gasteiger partial charge in [0.25, 0.3) is 17.7 Å². The molecular formula is C21H27N3O6. The number of hydrogen-bond donors (Lipinski definition) is 2. The monoisotopic (exact) mass is 417 g/mol. The Morgan fingerprint density at radius 2 is 1.60 bits per heavy atom. The summed E-state index contributed by atoms with van der Waals surface area (Å²) < 4.78 is 5.07. The van der Waals surface area contributed by atoms with Crippen LogP contribution in [0.4, 0.5) is 0 Å². The van der Waals surface area contributed by atoms with E-state index in [9.17, 15) is 24.0 Å². The molecule has 0 aromatic heterocycles. The largest absolute Gasteiger partial charge is 0.454 e. The minimum absolute atomic E-state index is 0.227. The van der Waals surface area contributed by atoms with Crippen LogP contribution in [0.3, 0.4) is 0 Å². The molecular weight excluding hydrogens is 390 g/mol. The van der Waals surface area contributed by atoms with Gasteiger partial charge in [0.1, 0.15) is 12.1 Å². The van der Waals surface area contributed by atoms with Gasteiger partial charge < -0.3 is 15.4 Å². The van der Waals surface area contributed by atoms with Gasteiger partial charge in [-0.3, -0.25) is 24.1 Å². The molecule has 0 unspecified atom stereocenters. The lowest BCUT2D eigenvalue weighted by atomic mass is 10.0. The number of carbonyl (C=O) groups is 5. The molecule has 0 fully saturated rings. The SMILES string of the molecule is CCCNC(=O)[C@H](C)NC(=O)COC(=O)[C@H](C(C)C)N1C(=O)c2ccccc2C1=O. The molecule has 2 atom stereocenters. The molecule has 0 aliphatic carbocycles. The number of nitrogens with zero attached hydrogens (tertiary/aromatic N) is 1. The van der Waals surface area contributed by atoms with Crippen molar-refractivity contribution >= 4 is 29.6 Å². The highest BCUT2D eigenvalue weighted by molar-refractivity contribution is 6.22. The van der Waals surface area contributed by atoms with E-state index < -0.39 is 48.3 Å². The van der Waals surface area contributed by atoms with Crippen molar-refractivity contribution in [2.45, 2.75) is 46.2 Å². The summed E-state index contributed by atoms with van der Waals surface area (Å²) in [6, 6.07) is 4.36. The third-order valence-electron chi connectivity index (χ3n) is 4.64. The van der Waals surface area contributed by atoms with Crippen LogP contribution in [-0.2, 0) is 19.1 Å². The molecule has 2 rings (SSSR count). The van der Waals surface area contributed by atoms with Crippen LogP contribution in [0.1, 0.15) is 54.8 Å². The number of amides is 4. The summed E-state index contributed by atoms with van der Waals surface area (Å²) in [5.41, 5.74) is 0.455. The fourth-order valence-electron chi connectivity index (χ4n) is 3.11. The highest BCUT2D eigenvalue weighted by Crippen LogP contribution is 2.27. The van der Waals surface area contributed by atoms with E-state index in [-0.39, 0.29) is 17.0 Å². The highest BCUT2D eigenvalue weighted by Gasteiger charge is 2.44. The third-order valence-corrected chi connectivity index (χ3v) is 4.64. The van der Waals surface area contributed by atoms with Gasteiger partial charge in [-0.05, 0) is 31.4 Å². The summed E-state index contributed by atoms with van der Waals surface area (Å²) in [6.45, 7) is 6.63. The first kappa shape index (κ1) is 23.1. The average molecular weight is 417 g/mol. The van der Waals surface area contributed by atoms with Crippen molar-refractivity contribution in [1.29, 1.82) is 0 Å². The lowest BCUT2D eigenvalue weighted by Gasteiger charge is -2.27. The van der Waals surface area contributed by atoms with Crippen LogP contribution in [0.2, 0.25) is 0 Å². The van der Waals surface area contributed by atoms with Crippen molar-refractivity contribution in [2.75, 3.05) is 13.2 Å². The second-order valence-corrected chi connectivity index (χ2v) is 7.40. The summed E-state index contributed by atoms with van der Waals surface area (Å²) in [5.74, 6) is -3.44. The van der Waals surface area contributed by atoms with Gasteiger partial charge in [0.05, 0.1) is 11.1 Å². The number of nitrogens with one attached hydrogen (secondary N) is 2. The van der Waals surface area contributed by atoms with Crippen molar-refractivity contribution < 1.29 is 28.7 Å². The minimum atomic E-state index is -1.17. The molecule has 0 spiro atoms. The van der Waals surface area contributed by atoms with Gasteiger partial charge >= 0.3 is 5.97 Å². The quantitative estimate of drug-likeness (QED) is 0.454. The van der Waals surface area contributed by atoms with Crippen molar-refractivity contribution in [1.82, 2.24) is 15.5 Å². The Kier molecular flexibility index (Phi) is 7.68. The van der Waals surface area contributed by atoms with Crippen molar-refractivity contribution in [3.05, 3.63) is 35.4 Å². The van der Waals surface area contributed by atoms with Crippen LogP contribution in [-0.4, -0.2) is 59.7 Å². The van der Waals surface area contributed by atoms with Gasteiger partial charge in [0.2, 0.25) is 5.91 Å². The molecule has 1 aliphatic heterocycles. The Morgan fingerprint density at radius 3 is 2.10 bits per heavy atom. The Hall–Kier alpha value is -3.23. The van der Waals surface area contributed by atoms with Gasteiger partial charge in [-0.1, -0.05) is 32.9 Å². The zero-order valence-electron chi connectivity index (χ0n) is 17.6. The van der Waals surface area contributed by atoms with E-state index in [4.69, 9.17) is 4.74 Å². The lowest BCUT2D eigenvalue weighted by molar-refractivity contribution is -0.153. The fourth-order valence-corrected chi connectivity index (χ4v) is 3.11. The van der Waals surface area contributed by atoms with Crippen LogP contribution in [0.25, 0.3) is 0 Å². The molecule has 2 N–H and O–H groups in total. The number of imide groups is 1. The van der Waals surface area contributed by atoms with E-state index in [0.717, 1.165) is 11.3 Å². The topological polar surface area (TPSA) is 122 Å². The number of rotatable bonds is 9. The van der Waals surface area contributed by atoms with E-state index in [1.54, 1.807) is 26.0 Å². The Morgan fingerprint density at radius 1 is 1.03 bits per heavy atom. The second-order valence-electron chi connectivity index (χ2n) is 7.40. The molecule has 1 heterocycles. The van der Waals surface area contributed by atoms with Gasteiger partial charge in [-0.15, -0.1) is 0 Å². The van der Waals surface area contributed by atoms with E-state index in [0.29, 0.717) is 6.54 Å². The van der Waals surface area contributed by atoms with Crippen LogP contribution < -0.4 is 10.6 Å². The maximum atomic E-state index is 12.7. The zero-order valence-corrected chi connectivity index (χ0v) is 17.6. The molecule has 1 aromatic carbocycles. The normalized spacial score (nSPS) is 14.9. The number of benzene rings is 1. The van der Waals surface area contributed by atoms with Gasteiger partial charge in [-0.25, -0.2) is 4.79 Å². The van der Waals surface area contributed by atoms with Crippen molar-refractivity contribution in [3.8, 4) is 0 Å². The molecule has 0 bridgehead atoms. The molecule has 0 radical (unpaired) electrons. The van der Waals surface area contributed by atoms with E-state index >= 15 is 0 Å². The van der Waals surface area contributed by atoms with E-state index in [2.05, 4.69) is 10.6 Å². The number of ether oxygens (including phenoxy) is 1. The predicted octanol–water partition coefficient (Wildman–Crippen LogP) is 0.881. The minimum Gasteiger partial charge on any atom is -0.454 e. The summed E-state index contributed by atoms with van der Waals surface area (Å²) in [6.07, 6.45) is 0.762. The summed E-state index contributed by atoms with van der Waals surface area (Å²) in [4.78, 5) is 62.7. The smallest absolute Gasteiger partial charge is 0.330 e. The Balaban J connectivity index is 2.00. The van der Waals surface area contributed by atoms with Crippen LogP contribution in [0.5, 0.6) is 0 Å². The summed E-state index contributed by atoms with van der Waals surface area (Å²) >= 11 is 0. The standard InChI is InChI=1S/C21H27N3O6/c1-5-10-22-18(26)13(4)23-16(25)11-30-21(29)17(12(2)3)24-19(27)14-8-6-7-9-15(14)20(24)28/h6-9,12-13,17H,5,10-11H2,1-4H3,(H,22,26)(H,23,25)/t13-,17-/m0/s1. The third kappa shape index (κ3) is 5.03. The number of carbonyl (C=O) groups excluding carboxylic acids is 5. The molecule has 30 heavy (non-hydrogen) atoms. The summed E-state index contributed by atoms with van der Waals surface area (Å²) in [7, 11) is 0. The van der Waals surface area contributed by atoms with Gasteiger partial charge in [0.15, 0.2) is 6.61 Å². The first-order chi connectivity index (χ1) is 14.2. The molecule has 4 amide bonds. The molecule has 1 aromatic rings. The van der Waals surface area contributed by atoms with Crippen LogP contribution >= 0.6 is 0 Å². The Labute approximate surface area is 175 Å². The second kappa shape index (κ2) is 10.00. The van der Waals surface area contributed by atoms with Crippen molar-refractivity contribution in [2.24, 2.45) is 5.92 Å². The maximum absolute atomic E-state index is 12.7.